The first kappa shape index (κ1) is 17.7. The number of aryl methyl sites for hydroxylation is 1. The summed E-state index contributed by atoms with van der Waals surface area (Å²) in [5, 5.41) is 3.05. The molecule has 2 heterocycles. The highest BCUT2D eigenvalue weighted by Crippen LogP contribution is 2.17. The van der Waals surface area contributed by atoms with Gasteiger partial charge in [-0.25, -0.2) is 9.78 Å². The molecule has 0 unspecified atom stereocenters. The SMILES string of the molecule is CCOC[C@H]1CCCN(C(=O)NCCCn2cnc3ccccc32)C1. The first-order valence-corrected chi connectivity index (χ1v) is 9.28. The summed E-state index contributed by atoms with van der Waals surface area (Å²) in [6, 6.07) is 8.17. The minimum Gasteiger partial charge on any atom is -0.381 e. The molecular formula is C19H28N4O2. The van der Waals surface area contributed by atoms with Gasteiger partial charge in [0.15, 0.2) is 0 Å². The summed E-state index contributed by atoms with van der Waals surface area (Å²) < 4.78 is 7.65. The summed E-state index contributed by atoms with van der Waals surface area (Å²) in [6.45, 7) is 6.70. The zero-order valence-corrected chi connectivity index (χ0v) is 15.0. The number of hydrogen-bond donors (Lipinski definition) is 1. The monoisotopic (exact) mass is 344 g/mol. The van der Waals surface area contributed by atoms with Gasteiger partial charge in [0, 0.05) is 38.7 Å². The first-order valence-electron chi connectivity index (χ1n) is 9.28. The molecule has 6 nitrogen and oxygen atoms in total. The second kappa shape index (κ2) is 8.85. The Bertz CT molecular complexity index is 685. The van der Waals surface area contributed by atoms with Crippen LogP contribution in [-0.4, -0.2) is 53.3 Å². The molecule has 0 radical (unpaired) electrons. The Kier molecular flexibility index (Phi) is 6.28. The molecular weight excluding hydrogens is 316 g/mol. The van der Waals surface area contributed by atoms with Crippen molar-refractivity contribution in [2.75, 3.05) is 32.8 Å². The number of carbonyl (C=O) groups is 1. The van der Waals surface area contributed by atoms with Crippen LogP contribution in [0.15, 0.2) is 30.6 Å². The van der Waals surface area contributed by atoms with Gasteiger partial charge in [0.1, 0.15) is 0 Å². The van der Waals surface area contributed by atoms with E-state index in [1.807, 2.05) is 36.4 Å². The van der Waals surface area contributed by atoms with Crippen LogP contribution in [0, 0.1) is 5.92 Å². The normalized spacial score (nSPS) is 17.8. The zero-order chi connectivity index (χ0) is 17.5. The summed E-state index contributed by atoms with van der Waals surface area (Å²) in [5.74, 6) is 0.469. The summed E-state index contributed by atoms with van der Waals surface area (Å²) in [5.41, 5.74) is 2.16. The molecule has 1 aromatic carbocycles. The van der Waals surface area contributed by atoms with E-state index in [1.54, 1.807) is 0 Å². The standard InChI is InChI=1S/C19H28N4O2/c1-2-25-14-16-7-5-11-22(13-16)19(24)20-10-6-12-23-15-21-17-8-3-4-9-18(17)23/h3-4,8-9,15-16H,2,5-7,10-14H2,1H3,(H,20,24)/t16-/m0/s1. The van der Waals surface area contributed by atoms with Crippen LogP contribution in [0.1, 0.15) is 26.2 Å². The van der Waals surface area contributed by atoms with Gasteiger partial charge in [0.2, 0.25) is 0 Å². The van der Waals surface area contributed by atoms with Crippen molar-refractivity contribution in [3.63, 3.8) is 0 Å². The van der Waals surface area contributed by atoms with Gasteiger partial charge >= 0.3 is 6.03 Å². The number of rotatable bonds is 7. The van der Waals surface area contributed by atoms with E-state index in [4.69, 9.17) is 4.74 Å². The van der Waals surface area contributed by atoms with Gasteiger partial charge in [-0.15, -0.1) is 0 Å². The number of piperidine rings is 1. The van der Waals surface area contributed by atoms with Crippen molar-refractivity contribution in [3.8, 4) is 0 Å². The van der Waals surface area contributed by atoms with Gasteiger partial charge in [-0.2, -0.15) is 0 Å². The smallest absolute Gasteiger partial charge is 0.317 e. The van der Waals surface area contributed by atoms with E-state index >= 15 is 0 Å². The topological polar surface area (TPSA) is 59.4 Å². The Morgan fingerprint density at radius 1 is 1.40 bits per heavy atom. The molecule has 1 saturated heterocycles. The second-order valence-corrected chi connectivity index (χ2v) is 6.63. The van der Waals surface area contributed by atoms with Crippen LogP contribution >= 0.6 is 0 Å². The lowest BCUT2D eigenvalue weighted by Gasteiger charge is -2.32. The lowest BCUT2D eigenvalue weighted by molar-refractivity contribution is 0.0756. The molecule has 3 rings (SSSR count). The third kappa shape index (κ3) is 4.72. The van der Waals surface area contributed by atoms with E-state index in [9.17, 15) is 4.79 Å². The number of urea groups is 1. The fourth-order valence-electron chi connectivity index (χ4n) is 3.42. The maximum absolute atomic E-state index is 12.3. The molecule has 1 fully saturated rings. The van der Waals surface area contributed by atoms with Gasteiger partial charge in [0.05, 0.1) is 24.0 Å². The molecule has 1 aromatic heterocycles. The Morgan fingerprint density at radius 2 is 2.28 bits per heavy atom. The average molecular weight is 344 g/mol. The van der Waals surface area contributed by atoms with E-state index in [1.165, 1.54) is 0 Å². The van der Waals surface area contributed by atoms with Gasteiger partial charge in [-0.3, -0.25) is 0 Å². The highest BCUT2D eigenvalue weighted by molar-refractivity contribution is 5.75. The van der Waals surface area contributed by atoms with Crippen molar-refractivity contribution in [1.29, 1.82) is 0 Å². The number of imidazole rings is 1. The lowest BCUT2D eigenvalue weighted by atomic mass is 9.99. The molecule has 1 atom stereocenters. The fraction of sp³-hybridized carbons (Fsp3) is 0.579. The Labute approximate surface area is 149 Å². The molecule has 0 bridgehead atoms. The van der Waals surface area contributed by atoms with E-state index in [0.717, 1.165) is 63.1 Å². The third-order valence-corrected chi connectivity index (χ3v) is 4.74. The number of nitrogens with zero attached hydrogens (tertiary/aromatic N) is 3. The number of carbonyl (C=O) groups excluding carboxylic acids is 1. The molecule has 2 amide bonds. The van der Waals surface area contributed by atoms with Crippen molar-refractivity contribution >= 4 is 17.1 Å². The number of hydrogen-bond acceptors (Lipinski definition) is 3. The lowest BCUT2D eigenvalue weighted by Crippen LogP contribution is -2.46. The van der Waals surface area contributed by atoms with E-state index in [2.05, 4.69) is 20.9 Å². The van der Waals surface area contributed by atoms with Crippen LogP contribution in [0.4, 0.5) is 4.79 Å². The maximum Gasteiger partial charge on any atom is 0.317 e. The largest absolute Gasteiger partial charge is 0.381 e. The van der Waals surface area contributed by atoms with Crippen LogP contribution in [-0.2, 0) is 11.3 Å². The molecule has 0 aliphatic carbocycles. The number of benzene rings is 1. The maximum atomic E-state index is 12.3. The van der Waals surface area contributed by atoms with Crippen molar-refractivity contribution in [2.45, 2.75) is 32.7 Å². The first-order chi connectivity index (χ1) is 12.3. The number of fused-ring (bicyclic) bond motifs is 1. The molecule has 25 heavy (non-hydrogen) atoms. The number of amides is 2. The van der Waals surface area contributed by atoms with Crippen molar-refractivity contribution < 1.29 is 9.53 Å². The molecule has 1 aliphatic heterocycles. The zero-order valence-electron chi connectivity index (χ0n) is 15.0. The number of ether oxygens (including phenoxy) is 1. The highest BCUT2D eigenvalue weighted by atomic mass is 16.5. The van der Waals surface area contributed by atoms with Crippen molar-refractivity contribution in [1.82, 2.24) is 19.8 Å². The molecule has 136 valence electrons. The predicted molar refractivity (Wildman–Crippen MR) is 98.5 cm³/mol. The molecule has 1 aliphatic rings. The van der Waals surface area contributed by atoms with Crippen LogP contribution in [0.3, 0.4) is 0 Å². The fourth-order valence-corrected chi connectivity index (χ4v) is 3.42. The summed E-state index contributed by atoms with van der Waals surface area (Å²) in [4.78, 5) is 18.7. The number of aromatic nitrogens is 2. The molecule has 0 saturated carbocycles. The molecule has 6 heteroatoms. The Hall–Kier alpha value is -2.08. The second-order valence-electron chi connectivity index (χ2n) is 6.63. The molecule has 2 aromatic rings. The molecule has 1 N–H and O–H groups in total. The summed E-state index contributed by atoms with van der Waals surface area (Å²) >= 11 is 0. The average Bonchev–Trinajstić information content (AvgIpc) is 3.07. The minimum absolute atomic E-state index is 0.0525. The quantitative estimate of drug-likeness (QED) is 0.786. The number of likely N-dealkylation sites (tertiary alicyclic amines) is 1. The van der Waals surface area contributed by atoms with Crippen molar-refractivity contribution in [3.05, 3.63) is 30.6 Å². The van der Waals surface area contributed by atoms with Crippen LogP contribution < -0.4 is 5.32 Å². The summed E-state index contributed by atoms with van der Waals surface area (Å²) in [6.07, 6.45) is 4.97. The Balaban J connectivity index is 1.40. The van der Waals surface area contributed by atoms with Gasteiger partial charge in [-0.1, -0.05) is 12.1 Å². The summed E-state index contributed by atoms with van der Waals surface area (Å²) in [7, 11) is 0. The highest BCUT2D eigenvalue weighted by Gasteiger charge is 2.23. The van der Waals surface area contributed by atoms with Gasteiger partial charge < -0.3 is 19.5 Å². The predicted octanol–water partition coefficient (Wildman–Crippen LogP) is 2.88. The number of nitrogens with one attached hydrogen (secondary N) is 1. The van der Waals surface area contributed by atoms with Crippen molar-refractivity contribution in [2.24, 2.45) is 5.92 Å². The van der Waals surface area contributed by atoms with Crippen LogP contribution in [0.2, 0.25) is 0 Å². The van der Waals surface area contributed by atoms with Gasteiger partial charge in [-0.05, 0) is 38.3 Å². The third-order valence-electron chi connectivity index (χ3n) is 4.74. The van der Waals surface area contributed by atoms with E-state index in [-0.39, 0.29) is 6.03 Å². The van der Waals surface area contributed by atoms with Crippen LogP contribution in [0.25, 0.3) is 11.0 Å². The Morgan fingerprint density at radius 3 is 3.16 bits per heavy atom. The van der Waals surface area contributed by atoms with E-state index in [0.29, 0.717) is 12.5 Å². The van der Waals surface area contributed by atoms with Gasteiger partial charge in [0.25, 0.3) is 0 Å². The van der Waals surface area contributed by atoms with E-state index < -0.39 is 0 Å². The number of para-hydroxylation sites is 2. The molecule has 0 spiro atoms. The van der Waals surface area contributed by atoms with Crippen LogP contribution in [0.5, 0.6) is 0 Å². The minimum atomic E-state index is 0.0525.